The van der Waals surface area contributed by atoms with Crippen LogP contribution < -0.4 is 5.73 Å². The summed E-state index contributed by atoms with van der Waals surface area (Å²) in [4.78, 5) is 13.4. The zero-order chi connectivity index (χ0) is 10.4. The molecule has 1 unspecified atom stereocenters. The molecule has 0 aromatic carbocycles. The molecule has 0 aromatic rings. The summed E-state index contributed by atoms with van der Waals surface area (Å²) in [5, 5.41) is 0. The number of allylic oxidation sites excluding steroid dienone is 1. The fraction of sp³-hybridized carbons (Fsp3) is 0.700. The summed E-state index contributed by atoms with van der Waals surface area (Å²) >= 11 is 0. The van der Waals surface area contributed by atoms with Gasteiger partial charge >= 0.3 is 0 Å². The summed E-state index contributed by atoms with van der Waals surface area (Å²) in [6.45, 7) is 4.31. The van der Waals surface area contributed by atoms with Crippen LogP contribution in [-0.2, 0) is 9.53 Å². The number of nitrogens with two attached hydrogens (primary N) is 1. The van der Waals surface area contributed by atoms with Crippen molar-refractivity contribution in [2.45, 2.75) is 19.4 Å². The van der Waals surface area contributed by atoms with Gasteiger partial charge in [0.05, 0.1) is 12.7 Å². The van der Waals surface area contributed by atoms with Gasteiger partial charge in [0, 0.05) is 26.1 Å². The molecule has 0 saturated carbocycles. The van der Waals surface area contributed by atoms with Crippen LogP contribution in [0.15, 0.2) is 12.2 Å². The second-order valence-corrected chi connectivity index (χ2v) is 3.34. The minimum atomic E-state index is 0. The molecule has 15 heavy (non-hydrogen) atoms. The number of hydrogen-bond donors (Lipinski definition) is 1. The van der Waals surface area contributed by atoms with Crippen molar-refractivity contribution in [3.63, 3.8) is 0 Å². The van der Waals surface area contributed by atoms with Gasteiger partial charge in [-0.05, 0) is 6.92 Å². The van der Waals surface area contributed by atoms with Crippen LogP contribution in [0.1, 0.15) is 13.3 Å². The number of carbonyl (C=O) groups is 1. The zero-order valence-corrected chi connectivity index (χ0v) is 9.83. The fourth-order valence-electron chi connectivity index (χ4n) is 1.44. The Morgan fingerprint density at radius 3 is 3.00 bits per heavy atom. The summed E-state index contributed by atoms with van der Waals surface area (Å²) in [7, 11) is 0. The zero-order valence-electron chi connectivity index (χ0n) is 9.02. The summed E-state index contributed by atoms with van der Waals surface area (Å²) in [6.07, 6.45) is 4.25. The van der Waals surface area contributed by atoms with Gasteiger partial charge < -0.3 is 15.4 Å². The SMILES string of the molecule is CC=CCC(=O)N1CCOC(CN)C1.Cl. The van der Waals surface area contributed by atoms with Gasteiger partial charge in [0.2, 0.25) is 5.91 Å². The number of nitrogens with zero attached hydrogens (tertiary/aromatic N) is 1. The average Bonchev–Trinajstić information content (AvgIpc) is 2.26. The molecule has 0 spiro atoms. The molecule has 1 amide bonds. The van der Waals surface area contributed by atoms with E-state index in [-0.39, 0.29) is 24.4 Å². The summed E-state index contributed by atoms with van der Waals surface area (Å²) in [5.41, 5.74) is 5.49. The van der Waals surface area contributed by atoms with E-state index in [0.29, 0.717) is 32.7 Å². The molecule has 1 saturated heterocycles. The van der Waals surface area contributed by atoms with Gasteiger partial charge in [-0.15, -0.1) is 12.4 Å². The van der Waals surface area contributed by atoms with E-state index < -0.39 is 0 Å². The molecular formula is C10H19ClN2O2. The molecule has 1 heterocycles. The number of hydrogen-bond acceptors (Lipinski definition) is 3. The van der Waals surface area contributed by atoms with Gasteiger partial charge in [-0.1, -0.05) is 12.2 Å². The third kappa shape index (κ3) is 4.64. The Morgan fingerprint density at radius 2 is 2.40 bits per heavy atom. The predicted molar refractivity (Wildman–Crippen MR) is 62.1 cm³/mol. The Bertz CT molecular complexity index is 221. The van der Waals surface area contributed by atoms with Crippen LogP contribution in [0.2, 0.25) is 0 Å². The molecule has 1 fully saturated rings. The molecule has 1 atom stereocenters. The molecule has 88 valence electrons. The molecule has 1 rings (SSSR count). The highest BCUT2D eigenvalue weighted by molar-refractivity contribution is 5.85. The molecule has 0 bridgehead atoms. The van der Waals surface area contributed by atoms with Crippen molar-refractivity contribution in [2.24, 2.45) is 5.73 Å². The summed E-state index contributed by atoms with van der Waals surface area (Å²) < 4.78 is 5.38. The van der Waals surface area contributed by atoms with Gasteiger partial charge in [0.1, 0.15) is 0 Å². The van der Waals surface area contributed by atoms with Gasteiger partial charge in [0.15, 0.2) is 0 Å². The average molecular weight is 235 g/mol. The molecular weight excluding hydrogens is 216 g/mol. The third-order valence-corrected chi connectivity index (χ3v) is 2.28. The molecule has 0 radical (unpaired) electrons. The standard InChI is InChI=1S/C10H18N2O2.ClH/c1-2-3-4-10(13)12-5-6-14-9(7-11)8-12;/h2-3,9H,4-8,11H2,1H3;1H. The van der Waals surface area contributed by atoms with Crippen LogP contribution in [0.25, 0.3) is 0 Å². The maximum Gasteiger partial charge on any atom is 0.226 e. The third-order valence-electron chi connectivity index (χ3n) is 2.28. The lowest BCUT2D eigenvalue weighted by molar-refractivity contribution is -0.137. The monoisotopic (exact) mass is 234 g/mol. The number of amides is 1. The van der Waals surface area contributed by atoms with Crippen molar-refractivity contribution >= 4 is 18.3 Å². The fourth-order valence-corrected chi connectivity index (χ4v) is 1.44. The van der Waals surface area contributed by atoms with Crippen molar-refractivity contribution in [2.75, 3.05) is 26.2 Å². The highest BCUT2D eigenvalue weighted by atomic mass is 35.5. The van der Waals surface area contributed by atoms with Crippen LogP contribution in [0, 0.1) is 0 Å². The minimum absolute atomic E-state index is 0. The highest BCUT2D eigenvalue weighted by Crippen LogP contribution is 2.06. The maximum atomic E-state index is 11.6. The Kier molecular flexibility index (Phi) is 7.38. The topological polar surface area (TPSA) is 55.6 Å². The predicted octanol–water partition coefficient (Wildman–Crippen LogP) is 0.561. The number of carbonyl (C=O) groups excluding carboxylic acids is 1. The van der Waals surface area contributed by atoms with Crippen LogP contribution in [0.4, 0.5) is 0 Å². The van der Waals surface area contributed by atoms with E-state index in [0.717, 1.165) is 0 Å². The lowest BCUT2D eigenvalue weighted by Gasteiger charge is -2.32. The van der Waals surface area contributed by atoms with Gasteiger partial charge in [-0.3, -0.25) is 4.79 Å². The van der Waals surface area contributed by atoms with Crippen molar-refractivity contribution in [1.29, 1.82) is 0 Å². The summed E-state index contributed by atoms with van der Waals surface area (Å²) in [6, 6.07) is 0. The molecule has 1 aliphatic heterocycles. The molecule has 1 aliphatic rings. The van der Waals surface area contributed by atoms with Crippen molar-refractivity contribution in [3.05, 3.63) is 12.2 Å². The van der Waals surface area contributed by atoms with Gasteiger partial charge in [-0.2, -0.15) is 0 Å². The minimum Gasteiger partial charge on any atom is -0.373 e. The molecule has 4 nitrogen and oxygen atoms in total. The smallest absolute Gasteiger partial charge is 0.226 e. The summed E-state index contributed by atoms with van der Waals surface area (Å²) in [5.74, 6) is 0.157. The Morgan fingerprint density at radius 1 is 1.67 bits per heavy atom. The second kappa shape index (κ2) is 7.68. The molecule has 0 aromatic heterocycles. The van der Waals surface area contributed by atoms with Crippen LogP contribution in [0.5, 0.6) is 0 Å². The Hall–Kier alpha value is -0.580. The van der Waals surface area contributed by atoms with Gasteiger partial charge in [-0.25, -0.2) is 0 Å². The molecule has 0 aliphatic carbocycles. The first-order valence-corrected chi connectivity index (χ1v) is 4.98. The Balaban J connectivity index is 0.00000196. The first kappa shape index (κ1) is 14.4. The number of morpholine rings is 1. The molecule has 2 N–H and O–H groups in total. The lowest BCUT2D eigenvalue weighted by Crippen LogP contribution is -2.48. The van der Waals surface area contributed by atoms with Crippen LogP contribution in [0.3, 0.4) is 0 Å². The van der Waals surface area contributed by atoms with E-state index in [1.54, 1.807) is 0 Å². The van der Waals surface area contributed by atoms with E-state index in [4.69, 9.17) is 10.5 Å². The van der Waals surface area contributed by atoms with E-state index in [9.17, 15) is 4.79 Å². The van der Waals surface area contributed by atoms with Crippen LogP contribution >= 0.6 is 12.4 Å². The molecule has 5 heteroatoms. The second-order valence-electron chi connectivity index (χ2n) is 3.34. The van der Waals surface area contributed by atoms with E-state index in [1.165, 1.54) is 0 Å². The first-order chi connectivity index (χ1) is 6.77. The largest absolute Gasteiger partial charge is 0.373 e. The van der Waals surface area contributed by atoms with E-state index >= 15 is 0 Å². The van der Waals surface area contributed by atoms with Crippen LogP contribution in [-0.4, -0.2) is 43.2 Å². The number of halogens is 1. The van der Waals surface area contributed by atoms with Crippen molar-refractivity contribution in [3.8, 4) is 0 Å². The number of rotatable bonds is 3. The van der Waals surface area contributed by atoms with E-state index in [1.807, 2.05) is 24.0 Å². The van der Waals surface area contributed by atoms with Crippen molar-refractivity contribution < 1.29 is 9.53 Å². The van der Waals surface area contributed by atoms with Gasteiger partial charge in [0.25, 0.3) is 0 Å². The first-order valence-electron chi connectivity index (χ1n) is 4.98. The normalized spacial score (nSPS) is 21.5. The van der Waals surface area contributed by atoms with E-state index in [2.05, 4.69) is 0 Å². The quantitative estimate of drug-likeness (QED) is 0.726. The number of ether oxygens (including phenoxy) is 1. The maximum absolute atomic E-state index is 11.6. The highest BCUT2D eigenvalue weighted by Gasteiger charge is 2.21. The lowest BCUT2D eigenvalue weighted by atomic mass is 10.2. The van der Waals surface area contributed by atoms with Crippen molar-refractivity contribution in [1.82, 2.24) is 4.90 Å². The Labute approximate surface area is 96.9 Å².